The minimum absolute atomic E-state index is 0.223. The Morgan fingerprint density at radius 2 is 1.79 bits per heavy atom. The lowest BCUT2D eigenvalue weighted by molar-refractivity contribution is -0.144. The van der Waals surface area contributed by atoms with Crippen LogP contribution >= 0.6 is 0 Å². The molecule has 0 heterocycles. The Labute approximate surface area is 139 Å². The van der Waals surface area contributed by atoms with E-state index in [9.17, 15) is 9.59 Å². The van der Waals surface area contributed by atoms with Gasteiger partial charge in [0, 0.05) is 6.21 Å². The normalized spacial score (nSPS) is 12.1. The van der Waals surface area contributed by atoms with E-state index in [1.165, 1.54) is 13.0 Å². The summed E-state index contributed by atoms with van der Waals surface area (Å²) in [5.74, 6) is -1.54. The molecule has 0 bridgehead atoms. The van der Waals surface area contributed by atoms with Crippen molar-refractivity contribution in [1.82, 2.24) is 0 Å². The predicted molar refractivity (Wildman–Crippen MR) is 89.6 cm³/mol. The molecule has 2 aromatic rings. The van der Waals surface area contributed by atoms with Crippen molar-refractivity contribution in [3.63, 3.8) is 0 Å². The lowest BCUT2D eigenvalue weighted by Crippen LogP contribution is -2.22. The summed E-state index contributed by atoms with van der Waals surface area (Å²) in [6.07, 6.45) is 0.729. The van der Waals surface area contributed by atoms with E-state index in [0.717, 1.165) is 11.1 Å². The van der Waals surface area contributed by atoms with Crippen LogP contribution in [0, 0.1) is 6.92 Å². The highest BCUT2D eigenvalue weighted by Crippen LogP contribution is 2.20. The number of benzene rings is 2. The van der Waals surface area contributed by atoms with E-state index in [0.29, 0.717) is 11.4 Å². The Hall–Kier alpha value is -3.15. The first-order chi connectivity index (χ1) is 11.4. The van der Waals surface area contributed by atoms with E-state index in [4.69, 9.17) is 14.9 Å². The molecular weight excluding hydrogens is 310 g/mol. The van der Waals surface area contributed by atoms with Crippen molar-refractivity contribution in [2.75, 3.05) is 0 Å². The summed E-state index contributed by atoms with van der Waals surface area (Å²) in [6, 6.07) is 11.6. The third-order valence-corrected chi connectivity index (χ3v) is 3.34. The number of hydrogen-bond donors (Lipinski definition) is 2. The second-order valence-electron chi connectivity index (χ2n) is 5.23. The summed E-state index contributed by atoms with van der Waals surface area (Å²) in [5.41, 5.74) is 2.48. The third kappa shape index (κ3) is 4.42. The van der Waals surface area contributed by atoms with Gasteiger partial charge in [0.15, 0.2) is 6.10 Å². The molecule has 0 amide bonds. The van der Waals surface area contributed by atoms with Crippen LogP contribution in [0.3, 0.4) is 0 Å². The van der Waals surface area contributed by atoms with Crippen LogP contribution in [0.4, 0.5) is 5.69 Å². The maximum absolute atomic E-state index is 10.9. The Bertz CT molecular complexity index is 780. The molecule has 0 unspecified atom stereocenters. The summed E-state index contributed by atoms with van der Waals surface area (Å²) in [6.45, 7) is 3.25. The highest BCUT2D eigenvalue weighted by Gasteiger charge is 2.11. The molecule has 24 heavy (non-hydrogen) atoms. The van der Waals surface area contributed by atoms with Crippen LogP contribution in [-0.4, -0.2) is 34.5 Å². The van der Waals surface area contributed by atoms with E-state index in [1.54, 1.807) is 49.5 Å². The molecule has 2 N–H and O–H groups in total. The highest BCUT2D eigenvalue weighted by molar-refractivity contribution is 5.89. The fraction of sp³-hybridized carbons (Fsp3) is 0.167. The Morgan fingerprint density at radius 3 is 2.33 bits per heavy atom. The van der Waals surface area contributed by atoms with Gasteiger partial charge in [-0.2, -0.15) is 0 Å². The Morgan fingerprint density at radius 1 is 1.12 bits per heavy atom. The lowest BCUT2D eigenvalue weighted by Gasteiger charge is -2.10. The van der Waals surface area contributed by atoms with Crippen molar-refractivity contribution in [2.24, 2.45) is 4.99 Å². The number of aliphatic carboxylic acids is 1. The quantitative estimate of drug-likeness (QED) is 0.794. The molecular formula is C18H17NO5. The van der Waals surface area contributed by atoms with E-state index in [1.807, 2.05) is 0 Å². The monoisotopic (exact) mass is 327 g/mol. The number of nitrogens with zero attached hydrogens (tertiary/aromatic N) is 1. The van der Waals surface area contributed by atoms with Crippen LogP contribution in [0.1, 0.15) is 28.4 Å². The summed E-state index contributed by atoms with van der Waals surface area (Å²) >= 11 is 0. The number of aliphatic imine (C=N–C) groups is 1. The van der Waals surface area contributed by atoms with E-state index >= 15 is 0 Å². The van der Waals surface area contributed by atoms with Gasteiger partial charge in [-0.25, -0.2) is 9.59 Å². The zero-order valence-corrected chi connectivity index (χ0v) is 13.3. The Balaban J connectivity index is 2.09. The van der Waals surface area contributed by atoms with Gasteiger partial charge in [0.1, 0.15) is 5.75 Å². The van der Waals surface area contributed by atoms with Crippen LogP contribution in [0.2, 0.25) is 0 Å². The fourth-order valence-corrected chi connectivity index (χ4v) is 1.96. The van der Waals surface area contributed by atoms with Gasteiger partial charge < -0.3 is 14.9 Å². The predicted octanol–water partition coefficient (Wildman–Crippen LogP) is 3.30. The summed E-state index contributed by atoms with van der Waals surface area (Å²) in [5, 5.41) is 17.7. The number of rotatable bonds is 6. The van der Waals surface area contributed by atoms with Crippen molar-refractivity contribution >= 4 is 23.8 Å². The molecule has 124 valence electrons. The molecule has 0 aliphatic rings. The van der Waals surface area contributed by atoms with Gasteiger partial charge in [-0.1, -0.05) is 0 Å². The molecule has 0 saturated carbocycles. The standard InChI is InChI=1S/C18H17NO5/c1-11-9-14(18(22)23)5-8-16(11)19-10-13-3-6-15(7-4-13)24-12(2)17(20)21/h3-10,12H,1-2H3,(H,20,21)(H,22,23)/t12-/m0/s1. The van der Waals surface area contributed by atoms with Gasteiger partial charge in [0.25, 0.3) is 0 Å². The highest BCUT2D eigenvalue weighted by atomic mass is 16.5. The molecule has 0 aliphatic carbocycles. The fourth-order valence-electron chi connectivity index (χ4n) is 1.96. The van der Waals surface area contributed by atoms with Gasteiger partial charge in [-0.05, 0) is 67.4 Å². The molecule has 0 spiro atoms. The van der Waals surface area contributed by atoms with Crippen LogP contribution in [0.25, 0.3) is 0 Å². The summed E-state index contributed by atoms with van der Waals surface area (Å²) < 4.78 is 5.25. The number of aromatic carboxylic acids is 1. The maximum Gasteiger partial charge on any atom is 0.344 e. The average molecular weight is 327 g/mol. The van der Waals surface area contributed by atoms with Crippen LogP contribution in [-0.2, 0) is 4.79 Å². The van der Waals surface area contributed by atoms with E-state index < -0.39 is 18.0 Å². The molecule has 1 atom stereocenters. The molecule has 0 radical (unpaired) electrons. The summed E-state index contributed by atoms with van der Waals surface area (Å²) in [4.78, 5) is 26.0. The van der Waals surface area contributed by atoms with Gasteiger partial charge in [-0.15, -0.1) is 0 Å². The first-order valence-corrected chi connectivity index (χ1v) is 7.24. The number of hydrogen-bond acceptors (Lipinski definition) is 4. The van der Waals surface area contributed by atoms with Crippen molar-refractivity contribution in [2.45, 2.75) is 20.0 Å². The minimum Gasteiger partial charge on any atom is -0.479 e. The molecule has 6 heteroatoms. The van der Waals surface area contributed by atoms with Crippen molar-refractivity contribution in [3.05, 3.63) is 59.2 Å². The van der Waals surface area contributed by atoms with Crippen molar-refractivity contribution in [3.8, 4) is 5.75 Å². The number of carbonyl (C=O) groups is 2. The molecule has 0 saturated heterocycles. The zero-order valence-electron chi connectivity index (χ0n) is 13.3. The Kier molecular flexibility index (Phi) is 5.31. The smallest absolute Gasteiger partial charge is 0.344 e. The average Bonchev–Trinajstić information content (AvgIpc) is 2.54. The zero-order chi connectivity index (χ0) is 17.7. The molecule has 2 aromatic carbocycles. The molecule has 0 aliphatic heterocycles. The minimum atomic E-state index is -1.03. The van der Waals surface area contributed by atoms with E-state index in [2.05, 4.69) is 4.99 Å². The van der Waals surface area contributed by atoms with Crippen molar-refractivity contribution in [1.29, 1.82) is 0 Å². The number of aryl methyl sites for hydroxylation is 1. The largest absolute Gasteiger partial charge is 0.479 e. The maximum atomic E-state index is 10.9. The summed E-state index contributed by atoms with van der Waals surface area (Å²) in [7, 11) is 0. The van der Waals surface area contributed by atoms with Gasteiger partial charge in [-0.3, -0.25) is 4.99 Å². The third-order valence-electron chi connectivity index (χ3n) is 3.34. The van der Waals surface area contributed by atoms with E-state index in [-0.39, 0.29) is 5.56 Å². The molecule has 0 fully saturated rings. The van der Waals surface area contributed by atoms with Gasteiger partial charge in [0.2, 0.25) is 0 Å². The van der Waals surface area contributed by atoms with Gasteiger partial charge in [0.05, 0.1) is 11.3 Å². The molecule has 6 nitrogen and oxygen atoms in total. The first-order valence-electron chi connectivity index (χ1n) is 7.24. The second kappa shape index (κ2) is 7.41. The molecule has 0 aromatic heterocycles. The topological polar surface area (TPSA) is 96.2 Å². The number of ether oxygens (including phenoxy) is 1. The van der Waals surface area contributed by atoms with Crippen LogP contribution in [0.15, 0.2) is 47.5 Å². The van der Waals surface area contributed by atoms with Crippen molar-refractivity contribution < 1.29 is 24.5 Å². The van der Waals surface area contributed by atoms with Crippen LogP contribution in [0.5, 0.6) is 5.75 Å². The lowest BCUT2D eigenvalue weighted by atomic mass is 10.1. The first kappa shape index (κ1) is 17.2. The molecule has 2 rings (SSSR count). The van der Waals surface area contributed by atoms with Crippen LogP contribution < -0.4 is 4.74 Å². The number of carboxylic acids is 2. The SMILES string of the molecule is Cc1cc(C(=O)O)ccc1N=Cc1ccc(O[C@@H](C)C(=O)O)cc1. The number of carboxylic acid groups (broad SMARTS) is 2. The van der Waals surface area contributed by atoms with Gasteiger partial charge >= 0.3 is 11.9 Å². The second-order valence-corrected chi connectivity index (χ2v) is 5.23.